The molecule has 0 unspecified atom stereocenters. The van der Waals surface area contributed by atoms with Crippen molar-refractivity contribution in [2.45, 2.75) is 40.5 Å². The lowest BCUT2D eigenvalue weighted by molar-refractivity contribution is 0.612. The standard InChI is InChI=1S/C8H8ClF.C7H8.C3H8/c1-2-6-7(9)4-3-5-8(6)10;1-7-5-3-2-4-6-7;1-3-2/h3-5H,2H2,1H3;2-6H,1H3;3H2,1-2H3. The molecule has 0 spiro atoms. The molecule has 0 amide bonds. The molecule has 0 atom stereocenters. The molecule has 0 aliphatic rings. The van der Waals surface area contributed by atoms with Gasteiger partial charge >= 0.3 is 0 Å². The Balaban J connectivity index is 0.000000315. The Morgan fingerprint density at radius 2 is 1.45 bits per heavy atom. The highest BCUT2D eigenvalue weighted by Crippen LogP contribution is 2.18. The van der Waals surface area contributed by atoms with E-state index in [1.165, 1.54) is 18.1 Å². The van der Waals surface area contributed by atoms with Crippen LogP contribution in [-0.4, -0.2) is 0 Å². The molecule has 0 N–H and O–H groups in total. The number of hydrogen-bond donors (Lipinski definition) is 0. The molecule has 0 aromatic heterocycles. The van der Waals surface area contributed by atoms with E-state index in [1.54, 1.807) is 12.1 Å². The summed E-state index contributed by atoms with van der Waals surface area (Å²) >= 11 is 5.69. The Kier molecular flexibility index (Phi) is 10.7. The summed E-state index contributed by atoms with van der Waals surface area (Å²) in [5.74, 6) is -0.213. The largest absolute Gasteiger partial charge is 0.207 e. The summed E-state index contributed by atoms with van der Waals surface area (Å²) in [7, 11) is 0. The predicted octanol–water partition coefficient (Wildman–Crippen LogP) is 6.45. The molecule has 0 aliphatic heterocycles. The van der Waals surface area contributed by atoms with Crippen molar-refractivity contribution in [1.29, 1.82) is 0 Å². The van der Waals surface area contributed by atoms with Crippen molar-refractivity contribution in [2.75, 3.05) is 0 Å². The van der Waals surface area contributed by atoms with Gasteiger partial charge in [0.05, 0.1) is 0 Å². The zero-order valence-electron chi connectivity index (χ0n) is 12.8. The zero-order chi connectivity index (χ0) is 15.4. The molecule has 110 valence electrons. The van der Waals surface area contributed by atoms with Crippen molar-refractivity contribution in [3.8, 4) is 0 Å². The summed E-state index contributed by atoms with van der Waals surface area (Å²) < 4.78 is 12.8. The first-order chi connectivity index (χ1) is 9.56. The summed E-state index contributed by atoms with van der Waals surface area (Å²) in [6, 6.07) is 15.0. The molecule has 0 nitrogen and oxygen atoms in total. The Hall–Kier alpha value is -1.34. The Morgan fingerprint density at radius 3 is 1.75 bits per heavy atom. The highest BCUT2D eigenvalue weighted by atomic mass is 35.5. The van der Waals surface area contributed by atoms with E-state index in [0.717, 1.165) is 0 Å². The molecular formula is C18H24ClF. The fourth-order valence-corrected chi connectivity index (χ4v) is 1.70. The molecule has 0 saturated heterocycles. The maximum Gasteiger partial charge on any atom is 0.127 e. The van der Waals surface area contributed by atoms with Crippen molar-refractivity contribution < 1.29 is 4.39 Å². The minimum atomic E-state index is -0.213. The maximum atomic E-state index is 12.8. The van der Waals surface area contributed by atoms with Gasteiger partial charge in [-0.3, -0.25) is 0 Å². The summed E-state index contributed by atoms with van der Waals surface area (Å²) in [5, 5.41) is 0.516. The zero-order valence-corrected chi connectivity index (χ0v) is 13.5. The third-order valence-corrected chi connectivity index (χ3v) is 2.71. The van der Waals surface area contributed by atoms with Gasteiger partial charge in [-0.2, -0.15) is 0 Å². The van der Waals surface area contributed by atoms with Gasteiger partial charge in [0.15, 0.2) is 0 Å². The van der Waals surface area contributed by atoms with Crippen LogP contribution in [0.3, 0.4) is 0 Å². The Bertz CT molecular complexity index is 446. The summed E-state index contributed by atoms with van der Waals surface area (Å²) in [6.07, 6.45) is 1.89. The van der Waals surface area contributed by atoms with Gasteiger partial charge in [0.2, 0.25) is 0 Å². The smallest absolute Gasteiger partial charge is 0.127 e. The summed E-state index contributed by atoms with van der Waals surface area (Å²) in [6.45, 7) is 8.21. The first-order valence-corrected chi connectivity index (χ1v) is 7.39. The summed E-state index contributed by atoms with van der Waals surface area (Å²) in [5.41, 5.74) is 1.92. The third kappa shape index (κ3) is 7.96. The van der Waals surface area contributed by atoms with E-state index >= 15 is 0 Å². The number of hydrogen-bond acceptors (Lipinski definition) is 0. The topological polar surface area (TPSA) is 0 Å². The van der Waals surface area contributed by atoms with Crippen LogP contribution >= 0.6 is 11.6 Å². The SMILES string of the molecule is CCC.CCc1c(F)cccc1Cl.Cc1ccccc1. The second-order valence-corrected chi connectivity index (χ2v) is 4.82. The monoisotopic (exact) mass is 294 g/mol. The van der Waals surface area contributed by atoms with Crippen LogP contribution in [0.25, 0.3) is 0 Å². The molecule has 20 heavy (non-hydrogen) atoms. The van der Waals surface area contributed by atoms with E-state index < -0.39 is 0 Å². The number of benzene rings is 2. The van der Waals surface area contributed by atoms with Crippen LogP contribution in [-0.2, 0) is 6.42 Å². The van der Waals surface area contributed by atoms with Crippen molar-refractivity contribution in [2.24, 2.45) is 0 Å². The Morgan fingerprint density at radius 1 is 0.900 bits per heavy atom. The van der Waals surface area contributed by atoms with E-state index in [9.17, 15) is 4.39 Å². The molecule has 2 rings (SSSR count). The molecular weight excluding hydrogens is 271 g/mol. The van der Waals surface area contributed by atoms with Gasteiger partial charge < -0.3 is 0 Å². The molecule has 0 aliphatic carbocycles. The van der Waals surface area contributed by atoms with E-state index in [2.05, 4.69) is 32.9 Å². The Labute approximate surface area is 127 Å². The normalized spacial score (nSPS) is 8.90. The lowest BCUT2D eigenvalue weighted by atomic mass is 10.1. The van der Waals surface area contributed by atoms with Gasteiger partial charge in [-0.05, 0) is 25.5 Å². The average molecular weight is 295 g/mol. The van der Waals surface area contributed by atoms with Crippen molar-refractivity contribution in [3.05, 3.63) is 70.5 Å². The molecule has 0 heterocycles. The lowest BCUT2D eigenvalue weighted by Gasteiger charge is -1.99. The predicted molar refractivity (Wildman–Crippen MR) is 87.9 cm³/mol. The molecule has 2 aromatic rings. The van der Waals surface area contributed by atoms with Crippen LogP contribution in [0.4, 0.5) is 4.39 Å². The minimum Gasteiger partial charge on any atom is -0.207 e. The molecule has 0 radical (unpaired) electrons. The second kappa shape index (κ2) is 11.5. The molecule has 2 heteroatoms. The van der Waals surface area contributed by atoms with Crippen LogP contribution in [0, 0.1) is 12.7 Å². The van der Waals surface area contributed by atoms with Gasteiger partial charge in [-0.15, -0.1) is 0 Å². The van der Waals surface area contributed by atoms with Gasteiger partial charge in [0.25, 0.3) is 0 Å². The molecule has 0 saturated carbocycles. The quantitative estimate of drug-likeness (QED) is 0.566. The highest BCUT2D eigenvalue weighted by Gasteiger charge is 2.02. The van der Waals surface area contributed by atoms with Gasteiger partial charge in [-0.25, -0.2) is 4.39 Å². The number of halogens is 2. The summed E-state index contributed by atoms with van der Waals surface area (Å²) in [4.78, 5) is 0. The van der Waals surface area contributed by atoms with Gasteiger partial charge in [-0.1, -0.05) is 80.8 Å². The average Bonchev–Trinajstić information content (AvgIpc) is 2.41. The second-order valence-electron chi connectivity index (χ2n) is 4.42. The van der Waals surface area contributed by atoms with E-state index in [4.69, 9.17) is 11.6 Å². The van der Waals surface area contributed by atoms with E-state index in [-0.39, 0.29) is 5.82 Å². The maximum absolute atomic E-state index is 12.8. The van der Waals surface area contributed by atoms with E-state index in [1.807, 2.05) is 25.1 Å². The number of rotatable bonds is 1. The van der Waals surface area contributed by atoms with Crippen LogP contribution in [0.1, 0.15) is 38.3 Å². The lowest BCUT2D eigenvalue weighted by Crippen LogP contribution is -1.87. The van der Waals surface area contributed by atoms with Crippen molar-refractivity contribution >= 4 is 11.6 Å². The van der Waals surface area contributed by atoms with Crippen LogP contribution in [0.5, 0.6) is 0 Å². The van der Waals surface area contributed by atoms with Gasteiger partial charge in [0.1, 0.15) is 5.82 Å². The first-order valence-electron chi connectivity index (χ1n) is 7.01. The van der Waals surface area contributed by atoms with Crippen LogP contribution < -0.4 is 0 Å². The highest BCUT2D eigenvalue weighted by molar-refractivity contribution is 6.31. The third-order valence-electron chi connectivity index (χ3n) is 2.36. The molecule has 0 fully saturated rings. The minimum absolute atomic E-state index is 0.213. The first kappa shape index (κ1) is 18.7. The van der Waals surface area contributed by atoms with Crippen LogP contribution in [0.15, 0.2) is 48.5 Å². The van der Waals surface area contributed by atoms with Crippen molar-refractivity contribution in [3.63, 3.8) is 0 Å². The fourth-order valence-electron chi connectivity index (χ4n) is 1.40. The van der Waals surface area contributed by atoms with Gasteiger partial charge in [0, 0.05) is 10.6 Å². The molecule has 0 bridgehead atoms. The van der Waals surface area contributed by atoms with Crippen LogP contribution in [0.2, 0.25) is 5.02 Å². The number of aryl methyl sites for hydroxylation is 1. The fraction of sp³-hybridized carbons (Fsp3) is 0.333. The molecule has 2 aromatic carbocycles. The van der Waals surface area contributed by atoms with E-state index in [0.29, 0.717) is 17.0 Å². The van der Waals surface area contributed by atoms with Crippen molar-refractivity contribution in [1.82, 2.24) is 0 Å².